The molecular formula is C15H17BFNO3. The minimum atomic E-state index is -1.55. The molecule has 2 aromatic rings. The van der Waals surface area contributed by atoms with E-state index in [-0.39, 0.29) is 5.82 Å². The molecule has 110 valence electrons. The Hall–Kier alpha value is -2.05. The number of halogens is 1. The number of ether oxygens (including phenoxy) is 1. The maximum absolute atomic E-state index is 12.9. The summed E-state index contributed by atoms with van der Waals surface area (Å²) < 4.78 is 18.1. The third-order valence-corrected chi connectivity index (χ3v) is 3.30. The van der Waals surface area contributed by atoms with Gasteiger partial charge in [-0.15, -0.1) is 0 Å². The lowest BCUT2D eigenvalue weighted by atomic mass is 9.77. The molecule has 0 unspecified atom stereocenters. The summed E-state index contributed by atoms with van der Waals surface area (Å²) in [5.41, 5.74) is 1.98. The minimum absolute atomic E-state index is 0.292. The van der Waals surface area contributed by atoms with Gasteiger partial charge in [-0.25, -0.2) is 4.39 Å². The second kappa shape index (κ2) is 6.60. The van der Waals surface area contributed by atoms with Crippen LogP contribution in [0.2, 0.25) is 0 Å². The van der Waals surface area contributed by atoms with Gasteiger partial charge in [0.15, 0.2) is 0 Å². The predicted molar refractivity (Wildman–Crippen MR) is 81.3 cm³/mol. The van der Waals surface area contributed by atoms with Crippen molar-refractivity contribution in [3.63, 3.8) is 0 Å². The monoisotopic (exact) mass is 289 g/mol. The van der Waals surface area contributed by atoms with Gasteiger partial charge in [0, 0.05) is 19.3 Å². The van der Waals surface area contributed by atoms with Gasteiger partial charge in [0.2, 0.25) is 0 Å². The van der Waals surface area contributed by atoms with Crippen molar-refractivity contribution in [3.8, 4) is 5.75 Å². The van der Waals surface area contributed by atoms with Gasteiger partial charge in [-0.05, 0) is 47.4 Å². The standard InChI is InChI=1S/C15H17BFNO3/c1-18(13-5-3-12(17)4-6-13)10-11-9-14(21-2)7-8-15(11)16(19)20/h3-9,19-20H,10H2,1-2H3. The van der Waals surface area contributed by atoms with Gasteiger partial charge in [0.05, 0.1) is 7.11 Å². The first-order valence-electron chi connectivity index (χ1n) is 6.51. The number of rotatable bonds is 5. The van der Waals surface area contributed by atoms with Gasteiger partial charge in [-0.3, -0.25) is 0 Å². The third kappa shape index (κ3) is 3.74. The van der Waals surface area contributed by atoms with E-state index in [1.165, 1.54) is 12.1 Å². The molecule has 0 radical (unpaired) electrons. The largest absolute Gasteiger partial charge is 0.497 e. The number of hydrogen-bond acceptors (Lipinski definition) is 4. The first-order valence-corrected chi connectivity index (χ1v) is 6.51. The van der Waals surface area contributed by atoms with E-state index in [1.54, 1.807) is 37.4 Å². The van der Waals surface area contributed by atoms with Gasteiger partial charge in [-0.1, -0.05) is 6.07 Å². The van der Waals surface area contributed by atoms with E-state index >= 15 is 0 Å². The number of hydrogen-bond donors (Lipinski definition) is 2. The highest BCUT2D eigenvalue weighted by Crippen LogP contribution is 2.18. The van der Waals surface area contributed by atoms with E-state index in [4.69, 9.17) is 4.74 Å². The molecule has 2 N–H and O–H groups in total. The molecule has 0 aliphatic carbocycles. The van der Waals surface area contributed by atoms with Crippen LogP contribution in [0.15, 0.2) is 42.5 Å². The smallest absolute Gasteiger partial charge is 0.488 e. The summed E-state index contributed by atoms with van der Waals surface area (Å²) in [5.74, 6) is 0.349. The fourth-order valence-electron chi connectivity index (χ4n) is 2.14. The van der Waals surface area contributed by atoms with Crippen LogP contribution in [0.1, 0.15) is 5.56 Å². The van der Waals surface area contributed by atoms with E-state index in [0.717, 1.165) is 11.3 Å². The Kier molecular flexibility index (Phi) is 4.83. The van der Waals surface area contributed by atoms with Gasteiger partial charge >= 0.3 is 7.12 Å². The summed E-state index contributed by atoms with van der Waals surface area (Å²) in [6.45, 7) is 0.440. The summed E-state index contributed by atoms with van der Waals surface area (Å²) in [6.07, 6.45) is 0. The SMILES string of the molecule is COc1ccc(B(O)O)c(CN(C)c2ccc(F)cc2)c1. The summed E-state index contributed by atoms with van der Waals surface area (Å²) in [4.78, 5) is 1.89. The highest BCUT2D eigenvalue weighted by Gasteiger charge is 2.17. The minimum Gasteiger partial charge on any atom is -0.497 e. The number of nitrogens with zero attached hydrogens (tertiary/aromatic N) is 1. The lowest BCUT2D eigenvalue weighted by Gasteiger charge is -2.21. The van der Waals surface area contributed by atoms with Crippen LogP contribution in [-0.4, -0.2) is 31.3 Å². The number of methoxy groups -OCH3 is 1. The molecule has 2 rings (SSSR count). The Morgan fingerprint density at radius 3 is 2.38 bits per heavy atom. The molecule has 0 spiro atoms. The van der Waals surface area contributed by atoms with E-state index in [0.29, 0.717) is 17.8 Å². The summed E-state index contributed by atoms with van der Waals surface area (Å²) in [7, 11) is 1.85. The predicted octanol–water partition coefficient (Wildman–Crippen LogP) is 1.15. The van der Waals surface area contributed by atoms with Crippen LogP contribution in [0.4, 0.5) is 10.1 Å². The van der Waals surface area contributed by atoms with Crippen molar-refractivity contribution in [2.75, 3.05) is 19.1 Å². The van der Waals surface area contributed by atoms with E-state index < -0.39 is 7.12 Å². The molecule has 4 nitrogen and oxygen atoms in total. The van der Waals surface area contributed by atoms with Crippen LogP contribution in [0.3, 0.4) is 0 Å². The van der Waals surface area contributed by atoms with Crippen molar-refractivity contribution in [1.82, 2.24) is 0 Å². The normalized spacial score (nSPS) is 10.3. The number of benzene rings is 2. The van der Waals surface area contributed by atoms with Crippen LogP contribution in [0.25, 0.3) is 0 Å². The van der Waals surface area contributed by atoms with E-state index in [2.05, 4.69) is 0 Å². The fraction of sp³-hybridized carbons (Fsp3) is 0.200. The van der Waals surface area contributed by atoms with Gasteiger partial charge in [0.25, 0.3) is 0 Å². The van der Waals surface area contributed by atoms with E-state index in [1.807, 2.05) is 11.9 Å². The lowest BCUT2D eigenvalue weighted by Crippen LogP contribution is -2.35. The molecule has 2 aromatic carbocycles. The molecule has 0 saturated carbocycles. The van der Waals surface area contributed by atoms with Gasteiger partial charge < -0.3 is 19.7 Å². The van der Waals surface area contributed by atoms with Crippen molar-refractivity contribution in [2.45, 2.75) is 6.54 Å². The fourth-order valence-corrected chi connectivity index (χ4v) is 2.14. The Bertz CT molecular complexity index is 604. The maximum Gasteiger partial charge on any atom is 0.488 e. The van der Waals surface area contributed by atoms with Crippen molar-refractivity contribution in [2.24, 2.45) is 0 Å². The summed E-state index contributed by atoms with van der Waals surface area (Å²) in [5, 5.41) is 18.9. The highest BCUT2D eigenvalue weighted by atomic mass is 19.1. The maximum atomic E-state index is 12.9. The molecule has 0 aliphatic rings. The zero-order valence-electron chi connectivity index (χ0n) is 12.0. The average Bonchev–Trinajstić information content (AvgIpc) is 2.47. The van der Waals surface area contributed by atoms with Gasteiger partial charge in [-0.2, -0.15) is 0 Å². The molecule has 21 heavy (non-hydrogen) atoms. The molecule has 0 amide bonds. The van der Waals surface area contributed by atoms with Crippen LogP contribution < -0.4 is 15.1 Å². The molecule has 0 aliphatic heterocycles. The topological polar surface area (TPSA) is 52.9 Å². The lowest BCUT2D eigenvalue weighted by molar-refractivity contribution is 0.413. The Balaban J connectivity index is 2.26. The van der Waals surface area contributed by atoms with Crippen molar-refractivity contribution in [3.05, 3.63) is 53.8 Å². The molecule has 0 aromatic heterocycles. The van der Waals surface area contributed by atoms with Crippen LogP contribution >= 0.6 is 0 Å². The van der Waals surface area contributed by atoms with Crippen molar-refractivity contribution in [1.29, 1.82) is 0 Å². The third-order valence-electron chi connectivity index (χ3n) is 3.30. The van der Waals surface area contributed by atoms with Gasteiger partial charge in [0.1, 0.15) is 11.6 Å². The molecule has 0 atom stereocenters. The first kappa shape index (κ1) is 15.3. The second-order valence-electron chi connectivity index (χ2n) is 4.77. The molecule has 6 heteroatoms. The van der Waals surface area contributed by atoms with Crippen molar-refractivity contribution >= 4 is 18.3 Å². The molecule has 0 saturated heterocycles. The van der Waals surface area contributed by atoms with Crippen LogP contribution in [0.5, 0.6) is 5.75 Å². The summed E-state index contributed by atoms with van der Waals surface area (Å²) >= 11 is 0. The Morgan fingerprint density at radius 2 is 1.81 bits per heavy atom. The van der Waals surface area contributed by atoms with E-state index in [9.17, 15) is 14.4 Å². The molecule has 0 bridgehead atoms. The molecule has 0 heterocycles. The zero-order valence-corrected chi connectivity index (χ0v) is 12.0. The highest BCUT2D eigenvalue weighted by molar-refractivity contribution is 6.59. The summed E-state index contributed by atoms with van der Waals surface area (Å²) in [6, 6.07) is 11.2. The van der Waals surface area contributed by atoms with Crippen LogP contribution in [-0.2, 0) is 6.54 Å². The van der Waals surface area contributed by atoms with Crippen molar-refractivity contribution < 1.29 is 19.2 Å². The quantitative estimate of drug-likeness (QED) is 0.811. The molecule has 0 fully saturated rings. The zero-order chi connectivity index (χ0) is 15.4. The average molecular weight is 289 g/mol. The first-order chi connectivity index (χ1) is 10.0. The van der Waals surface area contributed by atoms with Crippen LogP contribution in [0, 0.1) is 5.82 Å². The Labute approximate surface area is 123 Å². The number of anilines is 1. The Morgan fingerprint density at radius 1 is 1.14 bits per heavy atom. The molecular weight excluding hydrogens is 272 g/mol. The second-order valence-corrected chi connectivity index (χ2v) is 4.77.